The van der Waals surface area contributed by atoms with E-state index in [1.165, 1.54) is 6.92 Å². The second-order valence-corrected chi connectivity index (χ2v) is 4.38. The molecule has 5 nitrogen and oxygen atoms in total. The minimum Gasteiger partial charge on any atom is -0.480 e. The molecular weight excluding hydrogens is 258 g/mol. The van der Waals surface area contributed by atoms with E-state index in [0.29, 0.717) is 12.8 Å². The summed E-state index contributed by atoms with van der Waals surface area (Å²) in [4.78, 5) is 21.3. The fourth-order valence-electron chi connectivity index (χ4n) is 1.67. The molecule has 20 heavy (non-hydrogen) atoms. The summed E-state index contributed by atoms with van der Waals surface area (Å²) in [6.45, 7) is 1.50. The third-order valence-corrected chi connectivity index (χ3v) is 2.74. The summed E-state index contributed by atoms with van der Waals surface area (Å²) in [5, 5.41) is 20.2. The fraction of sp³-hybridized carbons (Fsp3) is 0.333. The lowest BCUT2D eigenvalue weighted by Gasteiger charge is -2.16. The summed E-state index contributed by atoms with van der Waals surface area (Å²) in [5.74, 6) is 2.37. The van der Waals surface area contributed by atoms with E-state index in [1.54, 1.807) is 0 Å². The van der Waals surface area contributed by atoms with Gasteiger partial charge in [-0.3, -0.25) is 10.1 Å². The van der Waals surface area contributed by atoms with Gasteiger partial charge in [-0.25, -0.2) is 4.79 Å². The Morgan fingerprint density at radius 1 is 1.25 bits per heavy atom. The van der Waals surface area contributed by atoms with Gasteiger partial charge in [0.1, 0.15) is 6.04 Å². The van der Waals surface area contributed by atoms with Gasteiger partial charge in [0.25, 0.3) is 0 Å². The first-order valence-corrected chi connectivity index (χ1v) is 6.26. The molecule has 5 heteroatoms. The number of hydrogen-bond acceptors (Lipinski definition) is 3. The van der Waals surface area contributed by atoms with Crippen LogP contribution in [0.2, 0.25) is 0 Å². The maximum absolute atomic E-state index is 10.8. The Bertz CT molecular complexity index is 516. The van der Waals surface area contributed by atoms with Crippen LogP contribution in [0.3, 0.4) is 0 Å². The van der Waals surface area contributed by atoms with Crippen LogP contribution in [0.5, 0.6) is 0 Å². The van der Waals surface area contributed by atoms with Crippen LogP contribution >= 0.6 is 0 Å². The Kier molecular flexibility index (Phi) is 6.27. The summed E-state index contributed by atoms with van der Waals surface area (Å²) in [7, 11) is 0. The number of benzene rings is 1. The van der Waals surface area contributed by atoms with E-state index in [0.717, 1.165) is 5.56 Å². The van der Waals surface area contributed by atoms with E-state index in [2.05, 4.69) is 11.2 Å². The normalized spacial score (nSPS) is 12.8. The molecule has 0 amide bonds. The maximum atomic E-state index is 10.8. The predicted octanol–water partition coefficient (Wildman–Crippen LogP) is 1.14. The molecule has 0 aliphatic heterocycles. The Morgan fingerprint density at radius 2 is 1.90 bits per heavy atom. The molecule has 0 radical (unpaired) electrons. The first-order chi connectivity index (χ1) is 9.49. The van der Waals surface area contributed by atoms with Crippen molar-refractivity contribution in [2.75, 3.05) is 0 Å². The highest BCUT2D eigenvalue weighted by molar-refractivity contribution is 5.86. The second kappa shape index (κ2) is 7.97. The summed E-state index contributed by atoms with van der Waals surface area (Å²) in [6, 6.07) is 8.41. The molecule has 1 rings (SSSR count). The van der Waals surface area contributed by atoms with Gasteiger partial charge in [0, 0.05) is 5.92 Å². The lowest BCUT2D eigenvalue weighted by molar-refractivity contribution is -0.139. The molecule has 0 unspecified atom stereocenters. The van der Waals surface area contributed by atoms with Crippen molar-refractivity contribution in [2.45, 2.75) is 31.8 Å². The zero-order valence-corrected chi connectivity index (χ0v) is 11.2. The second-order valence-electron chi connectivity index (χ2n) is 4.38. The third kappa shape index (κ3) is 6.03. The molecule has 0 heterocycles. The monoisotopic (exact) mass is 275 g/mol. The van der Waals surface area contributed by atoms with E-state index in [-0.39, 0.29) is 0 Å². The van der Waals surface area contributed by atoms with Gasteiger partial charge in [-0.2, -0.15) is 0 Å². The van der Waals surface area contributed by atoms with Crippen LogP contribution in [0, 0.1) is 11.8 Å². The van der Waals surface area contributed by atoms with E-state index < -0.39 is 24.0 Å². The quantitative estimate of drug-likeness (QED) is 0.678. The van der Waals surface area contributed by atoms with Crippen LogP contribution in [0.4, 0.5) is 0 Å². The largest absolute Gasteiger partial charge is 0.480 e. The van der Waals surface area contributed by atoms with Crippen LogP contribution < -0.4 is 5.32 Å². The van der Waals surface area contributed by atoms with Gasteiger partial charge in [0.15, 0.2) is 0 Å². The van der Waals surface area contributed by atoms with E-state index in [4.69, 9.17) is 10.2 Å². The van der Waals surface area contributed by atoms with Gasteiger partial charge < -0.3 is 10.2 Å². The van der Waals surface area contributed by atoms with Crippen LogP contribution in [0.15, 0.2) is 30.3 Å². The molecule has 0 saturated heterocycles. The lowest BCUT2D eigenvalue weighted by Crippen LogP contribution is -2.41. The number of carbonyl (C=O) groups is 2. The van der Waals surface area contributed by atoms with Crippen LogP contribution in [-0.4, -0.2) is 34.2 Å². The first-order valence-electron chi connectivity index (χ1n) is 6.26. The molecule has 0 aliphatic rings. The van der Waals surface area contributed by atoms with Crippen LogP contribution in [0.25, 0.3) is 0 Å². The number of nitrogens with one attached hydrogen (secondary N) is 1. The number of carboxylic acid groups (broad SMARTS) is 2. The van der Waals surface area contributed by atoms with Crippen molar-refractivity contribution in [1.82, 2.24) is 5.32 Å². The molecule has 0 saturated carbocycles. The van der Waals surface area contributed by atoms with Crippen LogP contribution in [-0.2, 0) is 16.0 Å². The topological polar surface area (TPSA) is 86.6 Å². The van der Waals surface area contributed by atoms with Crippen molar-refractivity contribution in [3.05, 3.63) is 35.9 Å². The average molecular weight is 275 g/mol. The van der Waals surface area contributed by atoms with Crippen molar-refractivity contribution >= 4 is 11.9 Å². The Hall–Kier alpha value is -2.32. The molecule has 0 spiro atoms. The van der Waals surface area contributed by atoms with E-state index in [1.807, 2.05) is 36.3 Å². The van der Waals surface area contributed by atoms with Crippen molar-refractivity contribution in [1.29, 1.82) is 0 Å². The van der Waals surface area contributed by atoms with E-state index >= 15 is 0 Å². The molecule has 0 aliphatic carbocycles. The van der Waals surface area contributed by atoms with Gasteiger partial charge in [-0.05, 0) is 25.3 Å². The minimum absolute atomic E-state index is 0.475. The summed E-state index contributed by atoms with van der Waals surface area (Å²) < 4.78 is 0. The highest BCUT2D eigenvalue weighted by Crippen LogP contribution is 2.05. The fourth-order valence-corrected chi connectivity index (χ4v) is 1.67. The molecule has 106 valence electrons. The van der Waals surface area contributed by atoms with Crippen molar-refractivity contribution in [3.63, 3.8) is 0 Å². The Labute approximate surface area is 117 Å². The van der Waals surface area contributed by atoms with Crippen molar-refractivity contribution in [2.24, 2.45) is 0 Å². The summed E-state index contributed by atoms with van der Waals surface area (Å²) in [6.07, 6.45) is 1.24. The highest BCUT2D eigenvalue weighted by atomic mass is 16.4. The minimum atomic E-state index is -1.22. The van der Waals surface area contributed by atoms with Gasteiger partial charge in [0.2, 0.25) is 0 Å². The lowest BCUT2D eigenvalue weighted by atomic mass is 10.0. The SMILES string of the molecule is C[C@@H](N[C@@H](C#CC(=O)O)CCc1ccccc1)C(=O)O. The Balaban J connectivity index is 2.65. The van der Waals surface area contributed by atoms with E-state index in [9.17, 15) is 9.59 Å². The molecule has 0 fully saturated rings. The standard InChI is InChI=1S/C15H17NO4/c1-11(15(19)20)16-13(9-10-14(17)18)8-7-12-5-3-2-4-6-12/h2-6,11,13,16H,7-8H2,1H3,(H,17,18)(H,19,20)/t11-,13-/m1/s1. The summed E-state index contributed by atoms with van der Waals surface area (Å²) in [5.41, 5.74) is 1.10. The molecule has 0 aromatic heterocycles. The molecule has 1 aromatic rings. The smallest absolute Gasteiger partial charge is 0.381 e. The molecule has 3 N–H and O–H groups in total. The van der Waals surface area contributed by atoms with Crippen LogP contribution in [0.1, 0.15) is 18.9 Å². The Morgan fingerprint density at radius 3 is 2.45 bits per heavy atom. The number of rotatable bonds is 6. The van der Waals surface area contributed by atoms with Crippen molar-refractivity contribution < 1.29 is 19.8 Å². The van der Waals surface area contributed by atoms with Gasteiger partial charge in [0.05, 0.1) is 6.04 Å². The number of aliphatic carboxylic acids is 2. The van der Waals surface area contributed by atoms with Gasteiger partial charge >= 0.3 is 11.9 Å². The zero-order chi connectivity index (χ0) is 15.0. The highest BCUT2D eigenvalue weighted by Gasteiger charge is 2.15. The average Bonchev–Trinajstić information content (AvgIpc) is 2.42. The third-order valence-electron chi connectivity index (χ3n) is 2.74. The number of aryl methyl sites for hydroxylation is 1. The maximum Gasteiger partial charge on any atom is 0.381 e. The van der Waals surface area contributed by atoms with Gasteiger partial charge in [-0.15, -0.1) is 0 Å². The van der Waals surface area contributed by atoms with Crippen molar-refractivity contribution in [3.8, 4) is 11.8 Å². The summed E-state index contributed by atoms with van der Waals surface area (Å²) >= 11 is 0. The van der Waals surface area contributed by atoms with Gasteiger partial charge in [-0.1, -0.05) is 36.3 Å². The molecular formula is C15H17NO4. The molecule has 0 bridgehead atoms. The first kappa shape index (κ1) is 15.7. The number of hydrogen-bond donors (Lipinski definition) is 3. The molecule has 2 atom stereocenters. The molecule has 1 aromatic carbocycles. The predicted molar refractivity (Wildman–Crippen MR) is 74.2 cm³/mol. The zero-order valence-electron chi connectivity index (χ0n) is 11.2. The number of carboxylic acids is 2.